The van der Waals surface area contributed by atoms with Crippen LogP contribution in [0, 0.1) is 0 Å². The molecule has 2 nitrogen and oxygen atoms in total. The molecule has 0 spiro atoms. The summed E-state index contributed by atoms with van der Waals surface area (Å²) in [5.74, 6) is 0. The largest absolute Gasteiger partial charge is 0.236 e. The van der Waals surface area contributed by atoms with Crippen LogP contribution in [0.15, 0.2) is 60.2 Å². The number of aryl methyl sites for hydroxylation is 1. The number of hydrogen-bond donors (Lipinski definition) is 0. The van der Waals surface area contributed by atoms with Crippen LogP contribution in [0.4, 0.5) is 0 Å². The highest BCUT2D eigenvalue weighted by molar-refractivity contribution is 7.13. The molecule has 2 heterocycles. The van der Waals surface area contributed by atoms with E-state index in [1.54, 1.807) is 11.3 Å². The second-order valence-electron chi connectivity index (χ2n) is 4.16. The van der Waals surface area contributed by atoms with Crippen molar-refractivity contribution in [2.45, 2.75) is 0 Å². The van der Waals surface area contributed by atoms with Crippen LogP contribution < -0.4 is 4.57 Å². The summed E-state index contributed by atoms with van der Waals surface area (Å²) in [6, 6.07) is 14.5. The SMILES string of the molecule is C[n+]1ccc(-c2nc(-c3ccccc3)cs2)cc1. The van der Waals surface area contributed by atoms with Gasteiger partial charge >= 0.3 is 0 Å². The van der Waals surface area contributed by atoms with Crippen LogP contribution in [-0.4, -0.2) is 4.98 Å². The third-order valence-electron chi connectivity index (χ3n) is 2.80. The Hall–Kier alpha value is -2.00. The topological polar surface area (TPSA) is 16.8 Å². The summed E-state index contributed by atoms with van der Waals surface area (Å²) in [6.45, 7) is 0. The van der Waals surface area contributed by atoms with Gasteiger partial charge in [-0.15, -0.1) is 11.3 Å². The van der Waals surface area contributed by atoms with E-state index in [0.717, 1.165) is 10.7 Å². The molecule has 0 aliphatic heterocycles. The van der Waals surface area contributed by atoms with Gasteiger partial charge in [0.05, 0.1) is 5.69 Å². The Balaban J connectivity index is 1.97. The van der Waals surface area contributed by atoms with Crippen LogP contribution in [0.1, 0.15) is 0 Å². The second kappa shape index (κ2) is 4.70. The number of aromatic nitrogens is 2. The normalized spacial score (nSPS) is 10.5. The molecule has 0 aliphatic rings. The molecule has 3 heteroatoms. The smallest absolute Gasteiger partial charge is 0.169 e. The van der Waals surface area contributed by atoms with Gasteiger partial charge in [-0.3, -0.25) is 0 Å². The predicted molar refractivity (Wildman–Crippen MR) is 74.2 cm³/mol. The molecular formula is C15H13N2S+. The number of rotatable bonds is 2. The Labute approximate surface area is 110 Å². The van der Waals surface area contributed by atoms with Gasteiger partial charge in [0.1, 0.15) is 12.1 Å². The van der Waals surface area contributed by atoms with Crippen LogP contribution in [0.3, 0.4) is 0 Å². The maximum atomic E-state index is 4.69. The van der Waals surface area contributed by atoms with Crippen molar-refractivity contribution in [3.8, 4) is 21.8 Å². The van der Waals surface area contributed by atoms with Crippen LogP contribution >= 0.6 is 11.3 Å². The molecule has 0 amide bonds. The van der Waals surface area contributed by atoms with Crippen molar-refractivity contribution < 1.29 is 4.57 Å². The second-order valence-corrected chi connectivity index (χ2v) is 5.01. The highest BCUT2D eigenvalue weighted by Crippen LogP contribution is 2.27. The lowest BCUT2D eigenvalue weighted by molar-refractivity contribution is -0.671. The lowest BCUT2D eigenvalue weighted by atomic mass is 10.2. The van der Waals surface area contributed by atoms with E-state index in [1.807, 2.05) is 42.2 Å². The number of pyridine rings is 1. The molecule has 0 N–H and O–H groups in total. The molecule has 1 aromatic carbocycles. The van der Waals surface area contributed by atoms with E-state index in [2.05, 4.69) is 34.6 Å². The summed E-state index contributed by atoms with van der Waals surface area (Å²) in [4.78, 5) is 4.69. The summed E-state index contributed by atoms with van der Waals surface area (Å²) in [5.41, 5.74) is 3.38. The first-order valence-corrected chi connectivity index (χ1v) is 6.67. The van der Waals surface area contributed by atoms with Gasteiger partial charge in [0, 0.05) is 28.6 Å². The Morgan fingerprint density at radius 3 is 2.39 bits per heavy atom. The summed E-state index contributed by atoms with van der Waals surface area (Å²) < 4.78 is 2.02. The van der Waals surface area contributed by atoms with E-state index in [9.17, 15) is 0 Å². The zero-order valence-electron chi connectivity index (χ0n) is 10.1. The summed E-state index contributed by atoms with van der Waals surface area (Å²) in [7, 11) is 2.01. The van der Waals surface area contributed by atoms with Crippen LogP contribution in [0.25, 0.3) is 21.8 Å². The molecule has 3 rings (SSSR count). The number of hydrogen-bond acceptors (Lipinski definition) is 2. The zero-order valence-corrected chi connectivity index (χ0v) is 10.9. The number of benzene rings is 1. The van der Waals surface area contributed by atoms with Gasteiger partial charge in [-0.1, -0.05) is 30.3 Å². The van der Waals surface area contributed by atoms with E-state index >= 15 is 0 Å². The zero-order chi connectivity index (χ0) is 12.4. The lowest BCUT2D eigenvalue weighted by Crippen LogP contribution is -2.25. The third-order valence-corrected chi connectivity index (χ3v) is 3.69. The minimum absolute atomic E-state index is 1.05. The fourth-order valence-electron chi connectivity index (χ4n) is 1.79. The van der Waals surface area contributed by atoms with Crippen molar-refractivity contribution in [3.05, 3.63) is 60.2 Å². The minimum atomic E-state index is 1.05. The monoisotopic (exact) mass is 253 g/mol. The number of thiazole rings is 1. The third kappa shape index (κ3) is 2.17. The molecule has 0 fully saturated rings. The molecule has 88 valence electrons. The average molecular weight is 253 g/mol. The van der Waals surface area contributed by atoms with Crippen molar-refractivity contribution in [2.75, 3.05) is 0 Å². The summed E-state index contributed by atoms with van der Waals surface area (Å²) in [5, 5.41) is 3.17. The Bertz CT molecular complexity index is 642. The maximum absolute atomic E-state index is 4.69. The number of nitrogens with zero attached hydrogens (tertiary/aromatic N) is 2. The molecule has 0 saturated carbocycles. The van der Waals surface area contributed by atoms with Gasteiger partial charge < -0.3 is 0 Å². The molecule has 0 radical (unpaired) electrons. The van der Waals surface area contributed by atoms with E-state index in [-0.39, 0.29) is 0 Å². The van der Waals surface area contributed by atoms with Gasteiger partial charge in [-0.05, 0) is 0 Å². The van der Waals surface area contributed by atoms with E-state index in [0.29, 0.717) is 0 Å². The first kappa shape index (κ1) is 11.1. The Morgan fingerprint density at radius 1 is 0.944 bits per heavy atom. The summed E-state index contributed by atoms with van der Waals surface area (Å²) in [6.07, 6.45) is 4.08. The van der Waals surface area contributed by atoms with Crippen LogP contribution in [0.5, 0.6) is 0 Å². The van der Waals surface area contributed by atoms with Crippen LogP contribution in [0.2, 0.25) is 0 Å². The molecule has 0 bridgehead atoms. The van der Waals surface area contributed by atoms with Gasteiger partial charge in [-0.2, -0.15) is 0 Å². The maximum Gasteiger partial charge on any atom is 0.169 e. The van der Waals surface area contributed by atoms with Gasteiger partial charge in [-0.25, -0.2) is 9.55 Å². The van der Waals surface area contributed by atoms with E-state index < -0.39 is 0 Å². The predicted octanol–water partition coefficient (Wildman–Crippen LogP) is 3.30. The first-order chi connectivity index (χ1) is 8.83. The molecule has 2 aromatic heterocycles. The Kier molecular flexibility index (Phi) is 2.90. The van der Waals surface area contributed by atoms with Crippen molar-refractivity contribution in [2.24, 2.45) is 7.05 Å². The van der Waals surface area contributed by atoms with Gasteiger partial charge in [0.25, 0.3) is 0 Å². The van der Waals surface area contributed by atoms with Crippen molar-refractivity contribution in [1.29, 1.82) is 0 Å². The van der Waals surface area contributed by atoms with Gasteiger partial charge in [0.15, 0.2) is 12.4 Å². The quantitative estimate of drug-likeness (QED) is 0.640. The highest BCUT2D eigenvalue weighted by Gasteiger charge is 2.07. The van der Waals surface area contributed by atoms with Crippen molar-refractivity contribution >= 4 is 11.3 Å². The molecule has 0 atom stereocenters. The lowest BCUT2D eigenvalue weighted by Gasteiger charge is -1.95. The van der Waals surface area contributed by atoms with Crippen molar-refractivity contribution in [1.82, 2.24) is 4.98 Å². The average Bonchev–Trinajstić information content (AvgIpc) is 2.90. The molecule has 0 saturated heterocycles. The summed E-state index contributed by atoms with van der Waals surface area (Å²) >= 11 is 1.68. The first-order valence-electron chi connectivity index (χ1n) is 5.79. The van der Waals surface area contributed by atoms with Crippen molar-refractivity contribution in [3.63, 3.8) is 0 Å². The minimum Gasteiger partial charge on any atom is -0.236 e. The molecule has 3 aromatic rings. The standard InChI is InChI=1S/C15H13N2S/c1-17-9-7-13(8-10-17)15-16-14(11-18-15)12-5-3-2-4-6-12/h2-11H,1H3/q+1. The molecule has 18 heavy (non-hydrogen) atoms. The molecular weight excluding hydrogens is 240 g/mol. The van der Waals surface area contributed by atoms with Crippen LogP contribution in [-0.2, 0) is 7.05 Å². The highest BCUT2D eigenvalue weighted by atomic mass is 32.1. The molecule has 0 unspecified atom stereocenters. The van der Waals surface area contributed by atoms with Gasteiger partial charge in [0.2, 0.25) is 0 Å². The van der Waals surface area contributed by atoms with E-state index in [4.69, 9.17) is 0 Å². The Morgan fingerprint density at radius 2 is 1.67 bits per heavy atom. The molecule has 0 aliphatic carbocycles. The fraction of sp³-hybridized carbons (Fsp3) is 0.0667. The fourth-order valence-corrected chi connectivity index (χ4v) is 2.63. The van der Waals surface area contributed by atoms with E-state index in [1.165, 1.54) is 11.1 Å².